The average molecular weight is 598 g/mol. The first-order valence-corrected chi connectivity index (χ1v) is 15.4. The first-order valence-electron chi connectivity index (χ1n) is 13.7. The van der Waals surface area contributed by atoms with Crippen molar-refractivity contribution in [2.24, 2.45) is 0 Å². The summed E-state index contributed by atoms with van der Waals surface area (Å²) in [6.45, 7) is 1.41. The number of piperidine rings is 1. The van der Waals surface area contributed by atoms with Gasteiger partial charge in [-0.05, 0) is 48.6 Å². The van der Waals surface area contributed by atoms with Crippen molar-refractivity contribution in [3.63, 3.8) is 0 Å². The highest BCUT2D eigenvalue weighted by atomic mass is 32.1. The van der Waals surface area contributed by atoms with Gasteiger partial charge >= 0.3 is 0 Å². The van der Waals surface area contributed by atoms with Crippen LogP contribution in [0.15, 0.2) is 78.0 Å². The number of rotatable bonds is 4. The molecule has 1 aliphatic rings. The van der Waals surface area contributed by atoms with Crippen molar-refractivity contribution >= 4 is 56.1 Å². The first-order chi connectivity index (χ1) is 20.5. The van der Waals surface area contributed by atoms with E-state index in [4.69, 9.17) is 0 Å². The van der Waals surface area contributed by atoms with Crippen molar-refractivity contribution in [1.82, 2.24) is 33.7 Å². The molecule has 0 N–H and O–H groups in total. The number of hydrogen-bond acceptors (Lipinski definition) is 9. The molecule has 7 heterocycles. The Kier molecular flexibility index (Phi) is 7.00. The zero-order chi connectivity index (χ0) is 28.6. The molecule has 0 amide bonds. The standard InChI is InChI=1S/C18H16FN5S.C12H12N4S/c19-12-5-8-23(9-6-12)16-7-10-24-11-14(21-18(24)22-16)17-20-13-3-1-2-4-15(13)25-17;1-15(2)11-3-5-16-7-10(13-12(16)14-11)9-4-6-17-8-9/h1-4,7,10-12H,5-6,8-9H2;3-8H,1-2H3. The van der Waals surface area contributed by atoms with Gasteiger partial charge in [0.15, 0.2) is 0 Å². The minimum absolute atomic E-state index is 0.568. The van der Waals surface area contributed by atoms with Crippen molar-refractivity contribution in [3.05, 3.63) is 78.0 Å². The molecule has 8 rings (SSSR count). The van der Waals surface area contributed by atoms with Gasteiger partial charge in [-0.2, -0.15) is 21.3 Å². The second kappa shape index (κ2) is 11.1. The summed E-state index contributed by atoms with van der Waals surface area (Å²) in [4.78, 5) is 27.1. The molecule has 12 heteroatoms. The van der Waals surface area contributed by atoms with E-state index < -0.39 is 6.17 Å². The normalized spacial score (nSPS) is 14.0. The smallest absolute Gasteiger partial charge is 0.236 e. The maximum atomic E-state index is 13.3. The number of aromatic nitrogens is 7. The van der Waals surface area contributed by atoms with Crippen LogP contribution in [0.3, 0.4) is 0 Å². The molecule has 7 aromatic rings. The molecule has 212 valence electrons. The third kappa shape index (κ3) is 5.30. The maximum absolute atomic E-state index is 13.3. The van der Waals surface area contributed by atoms with Gasteiger partial charge in [0.25, 0.3) is 0 Å². The minimum atomic E-state index is -0.683. The Morgan fingerprint density at radius 1 is 0.833 bits per heavy atom. The van der Waals surface area contributed by atoms with Crippen molar-refractivity contribution in [1.29, 1.82) is 0 Å². The fourth-order valence-corrected chi connectivity index (χ4v) is 6.43. The zero-order valence-electron chi connectivity index (χ0n) is 23.1. The van der Waals surface area contributed by atoms with Gasteiger partial charge in [-0.1, -0.05) is 12.1 Å². The van der Waals surface area contributed by atoms with Crippen molar-refractivity contribution in [2.75, 3.05) is 37.0 Å². The highest BCUT2D eigenvalue weighted by Crippen LogP contribution is 2.30. The molecule has 0 spiro atoms. The molecular formula is C30H28FN9S2. The van der Waals surface area contributed by atoms with E-state index in [2.05, 4.69) is 52.7 Å². The minimum Gasteiger partial charge on any atom is -0.363 e. The van der Waals surface area contributed by atoms with Crippen LogP contribution in [0.5, 0.6) is 0 Å². The predicted octanol–water partition coefficient (Wildman–Crippen LogP) is 6.47. The Morgan fingerprint density at radius 2 is 1.57 bits per heavy atom. The summed E-state index contributed by atoms with van der Waals surface area (Å²) in [7, 11) is 3.95. The number of anilines is 2. The molecular weight excluding hydrogens is 570 g/mol. The molecule has 0 atom stereocenters. The second-order valence-electron chi connectivity index (χ2n) is 10.3. The first kappa shape index (κ1) is 26.5. The number of nitrogens with zero attached hydrogens (tertiary/aromatic N) is 9. The van der Waals surface area contributed by atoms with Crippen LogP contribution in [0.25, 0.3) is 43.7 Å². The SMILES string of the molecule is CN(C)c1ccn2cc(-c3ccsc3)nc2n1.FC1CCN(c2ccn3cc(-c4nc5ccccc5s4)nc3n2)CC1. The number of benzene rings is 1. The summed E-state index contributed by atoms with van der Waals surface area (Å²) in [5.41, 5.74) is 3.93. The number of thiazole rings is 1. The average Bonchev–Trinajstić information content (AvgIpc) is 3.82. The van der Waals surface area contributed by atoms with Gasteiger partial charge in [0.1, 0.15) is 28.5 Å². The monoisotopic (exact) mass is 597 g/mol. The largest absolute Gasteiger partial charge is 0.363 e. The Balaban J connectivity index is 0.000000148. The number of imidazole rings is 2. The van der Waals surface area contributed by atoms with Crippen LogP contribution in [0.1, 0.15) is 12.8 Å². The van der Waals surface area contributed by atoms with Crippen molar-refractivity contribution in [3.8, 4) is 22.0 Å². The maximum Gasteiger partial charge on any atom is 0.236 e. The fraction of sp³-hybridized carbons (Fsp3) is 0.233. The highest BCUT2D eigenvalue weighted by molar-refractivity contribution is 7.21. The van der Waals surface area contributed by atoms with Gasteiger partial charge in [0, 0.05) is 62.9 Å². The quantitative estimate of drug-likeness (QED) is 0.230. The van der Waals surface area contributed by atoms with Crippen molar-refractivity contribution < 1.29 is 4.39 Å². The number of para-hydroxylation sites is 1. The predicted molar refractivity (Wildman–Crippen MR) is 169 cm³/mol. The summed E-state index contributed by atoms with van der Waals surface area (Å²) >= 11 is 3.31. The summed E-state index contributed by atoms with van der Waals surface area (Å²) in [5.74, 6) is 3.16. The van der Waals surface area contributed by atoms with Gasteiger partial charge in [0.2, 0.25) is 11.6 Å². The van der Waals surface area contributed by atoms with Gasteiger partial charge in [0.05, 0.1) is 15.9 Å². The fourth-order valence-electron chi connectivity index (χ4n) is 4.86. The summed E-state index contributed by atoms with van der Waals surface area (Å²) in [6.07, 6.45) is 8.36. The molecule has 1 aliphatic heterocycles. The van der Waals surface area contributed by atoms with E-state index in [9.17, 15) is 4.39 Å². The topological polar surface area (TPSA) is 79.8 Å². The highest BCUT2D eigenvalue weighted by Gasteiger charge is 2.20. The second-order valence-corrected chi connectivity index (χ2v) is 12.1. The molecule has 0 saturated carbocycles. The Labute approximate surface area is 249 Å². The van der Waals surface area contributed by atoms with Crippen LogP contribution in [0, 0.1) is 0 Å². The molecule has 0 unspecified atom stereocenters. The number of thiophene rings is 1. The van der Waals surface area contributed by atoms with Gasteiger partial charge in [-0.15, -0.1) is 11.3 Å². The van der Waals surface area contributed by atoms with E-state index >= 15 is 0 Å². The Hall–Kier alpha value is -4.42. The molecule has 6 aromatic heterocycles. The lowest BCUT2D eigenvalue weighted by atomic mass is 10.1. The van der Waals surface area contributed by atoms with E-state index in [1.54, 1.807) is 22.7 Å². The van der Waals surface area contributed by atoms with E-state index in [0.717, 1.165) is 49.6 Å². The molecule has 9 nitrogen and oxygen atoms in total. The van der Waals surface area contributed by atoms with E-state index in [-0.39, 0.29) is 0 Å². The Bertz CT molecular complexity index is 1930. The lowest BCUT2D eigenvalue weighted by molar-refractivity contribution is 0.277. The number of halogens is 1. The van der Waals surface area contributed by atoms with Gasteiger partial charge in [-0.3, -0.25) is 8.80 Å². The molecule has 1 aromatic carbocycles. The summed E-state index contributed by atoms with van der Waals surface area (Å²) in [6, 6.07) is 14.1. The Morgan fingerprint density at radius 3 is 2.33 bits per heavy atom. The van der Waals surface area contributed by atoms with Crippen LogP contribution in [-0.2, 0) is 0 Å². The van der Waals surface area contributed by atoms with Gasteiger partial charge in [-0.25, -0.2) is 19.3 Å². The lowest BCUT2D eigenvalue weighted by Crippen LogP contribution is -2.34. The third-order valence-electron chi connectivity index (χ3n) is 7.16. The molecule has 1 fully saturated rings. The van der Waals surface area contributed by atoms with E-state index in [0.29, 0.717) is 31.7 Å². The van der Waals surface area contributed by atoms with Gasteiger partial charge < -0.3 is 9.80 Å². The van der Waals surface area contributed by atoms with Crippen LogP contribution in [-0.4, -0.2) is 67.1 Å². The lowest BCUT2D eigenvalue weighted by Gasteiger charge is -2.29. The van der Waals surface area contributed by atoms with E-state index in [1.165, 1.54) is 0 Å². The van der Waals surface area contributed by atoms with Crippen LogP contribution in [0.2, 0.25) is 0 Å². The van der Waals surface area contributed by atoms with Crippen molar-refractivity contribution in [2.45, 2.75) is 19.0 Å². The molecule has 1 saturated heterocycles. The molecule has 0 radical (unpaired) electrons. The molecule has 42 heavy (non-hydrogen) atoms. The number of hydrogen-bond donors (Lipinski definition) is 0. The summed E-state index contributed by atoms with van der Waals surface area (Å²) in [5, 5.41) is 5.04. The third-order valence-corrected chi connectivity index (χ3v) is 8.90. The van der Waals surface area contributed by atoms with Crippen LogP contribution >= 0.6 is 22.7 Å². The molecule has 0 aliphatic carbocycles. The summed E-state index contributed by atoms with van der Waals surface area (Å²) < 4.78 is 18.3. The van der Waals surface area contributed by atoms with Crippen LogP contribution in [0.4, 0.5) is 16.0 Å². The molecule has 0 bridgehead atoms. The number of fused-ring (bicyclic) bond motifs is 3. The van der Waals surface area contributed by atoms with E-state index in [1.807, 2.05) is 82.9 Å². The zero-order valence-corrected chi connectivity index (χ0v) is 24.8. The number of alkyl halides is 1. The van der Waals surface area contributed by atoms with Crippen LogP contribution < -0.4 is 9.80 Å².